The second-order valence-corrected chi connectivity index (χ2v) is 10.1. The molecule has 37 heavy (non-hydrogen) atoms. The molecule has 3 aliphatic rings. The summed E-state index contributed by atoms with van der Waals surface area (Å²) in [7, 11) is 1.58. The zero-order valence-corrected chi connectivity index (χ0v) is 20.8. The fourth-order valence-corrected chi connectivity index (χ4v) is 5.61. The molecule has 3 amide bonds. The van der Waals surface area contributed by atoms with Gasteiger partial charge in [0.1, 0.15) is 11.4 Å². The molecule has 2 fully saturated rings. The van der Waals surface area contributed by atoms with Crippen LogP contribution in [0, 0.1) is 0 Å². The van der Waals surface area contributed by atoms with Crippen molar-refractivity contribution in [2.75, 3.05) is 31.6 Å². The summed E-state index contributed by atoms with van der Waals surface area (Å²) in [4.78, 5) is 42.9. The molecular weight excluding hydrogens is 470 g/mol. The molecule has 0 atom stereocenters. The lowest BCUT2D eigenvalue weighted by Gasteiger charge is -2.33. The van der Waals surface area contributed by atoms with Gasteiger partial charge in [-0.3, -0.25) is 14.4 Å². The number of methoxy groups -OCH3 is 1. The maximum Gasteiger partial charge on any atom is 0.277 e. The molecule has 0 radical (unpaired) electrons. The molecule has 3 heterocycles. The van der Waals surface area contributed by atoms with Gasteiger partial charge in [-0.25, -0.2) is 4.68 Å². The van der Waals surface area contributed by atoms with E-state index in [4.69, 9.17) is 10.5 Å². The highest BCUT2D eigenvalue weighted by Gasteiger charge is 2.56. The average molecular weight is 500 g/mol. The molecule has 2 aromatic carbocycles. The summed E-state index contributed by atoms with van der Waals surface area (Å²) in [6.07, 6.45) is 4.90. The molecule has 2 aliphatic heterocycles. The zero-order chi connectivity index (χ0) is 25.7. The van der Waals surface area contributed by atoms with E-state index in [1.807, 2.05) is 17.0 Å². The van der Waals surface area contributed by atoms with Crippen LogP contribution in [-0.2, 0) is 5.41 Å². The van der Waals surface area contributed by atoms with Gasteiger partial charge in [-0.2, -0.15) is 5.10 Å². The summed E-state index contributed by atoms with van der Waals surface area (Å²) in [6.45, 7) is 2.01. The molecule has 1 saturated heterocycles. The number of hydrogen-bond donors (Lipinski definition) is 1. The number of primary amides is 1. The molecule has 9 nitrogen and oxygen atoms in total. The molecule has 1 spiro atoms. The summed E-state index contributed by atoms with van der Waals surface area (Å²) in [5, 5.41) is 4.52. The number of aromatic nitrogens is 2. The van der Waals surface area contributed by atoms with Gasteiger partial charge in [-0.05, 0) is 80.6 Å². The van der Waals surface area contributed by atoms with Gasteiger partial charge in [0, 0.05) is 41.9 Å². The maximum absolute atomic E-state index is 14.0. The molecule has 1 aromatic heterocycles. The van der Waals surface area contributed by atoms with Crippen LogP contribution in [0.15, 0.2) is 48.5 Å². The number of likely N-dealkylation sites (tertiary alicyclic amines) is 1. The smallest absolute Gasteiger partial charge is 0.277 e. The Morgan fingerprint density at radius 2 is 1.59 bits per heavy atom. The summed E-state index contributed by atoms with van der Waals surface area (Å²) >= 11 is 0. The summed E-state index contributed by atoms with van der Waals surface area (Å²) in [5.74, 6) is -0.193. The van der Waals surface area contributed by atoms with Crippen LogP contribution >= 0.6 is 0 Å². The predicted octanol–water partition coefficient (Wildman–Crippen LogP) is 3.30. The van der Waals surface area contributed by atoms with E-state index in [9.17, 15) is 14.4 Å². The highest BCUT2D eigenvalue weighted by atomic mass is 16.5. The van der Waals surface area contributed by atoms with Gasteiger partial charge in [-0.1, -0.05) is 0 Å². The molecular formula is C28H29N5O4. The van der Waals surface area contributed by atoms with Crippen molar-refractivity contribution in [1.82, 2.24) is 14.7 Å². The Labute approximate surface area is 214 Å². The van der Waals surface area contributed by atoms with Crippen molar-refractivity contribution < 1.29 is 19.1 Å². The van der Waals surface area contributed by atoms with E-state index in [0.717, 1.165) is 45.2 Å². The zero-order valence-electron chi connectivity index (χ0n) is 20.8. The van der Waals surface area contributed by atoms with Crippen LogP contribution in [0.2, 0.25) is 0 Å². The van der Waals surface area contributed by atoms with Crippen LogP contribution in [0.25, 0.3) is 5.69 Å². The number of rotatable bonds is 5. The van der Waals surface area contributed by atoms with E-state index in [2.05, 4.69) is 5.10 Å². The maximum atomic E-state index is 14.0. The number of carbonyl (C=O) groups is 3. The molecule has 1 saturated carbocycles. The molecule has 190 valence electrons. The first kappa shape index (κ1) is 23.3. The molecule has 3 aromatic rings. The number of fused-ring (bicyclic) bond motifs is 2. The third-order valence-electron chi connectivity index (χ3n) is 7.80. The van der Waals surface area contributed by atoms with E-state index in [0.29, 0.717) is 40.5 Å². The Kier molecular flexibility index (Phi) is 5.51. The first-order valence-electron chi connectivity index (χ1n) is 12.7. The summed E-state index contributed by atoms with van der Waals surface area (Å²) in [6, 6.07) is 14.4. The number of hydrogen-bond acceptors (Lipinski definition) is 5. The van der Waals surface area contributed by atoms with E-state index < -0.39 is 5.91 Å². The highest BCUT2D eigenvalue weighted by Crippen LogP contribution is 2.54. The van der Waals surface area contributed by atoms with Gasteiger partial charge in [0.2, 0.25) is 0 Å². The number of nitrogens with two attached hydrogens (primary N) is 1. The Morgan fingerprint density at radius 1 is 0.946 bits per heavy atom. The van der Waals surface area contributed by atoms with Gasteiger partial charge >= 0.3 is 0 Å². The van der Waals surface area contributed by atoms with E-state index in [1.54, 1.807) is 48.4 Å². The summed E-state index contributed by atoms with van der Waals surface area (Å²) in [5.41, 5.74) is 8.49. The number of carbonyl (C=O) groups excluding carboxylic acids is 3. The number of amides is 3. The van der Waals surface area contributed by atoms with Crippen LogP contribution < -0.4 is 15.4 Å². The minimum absolute atomic E-state index is 0.0286. The lowest BCUT2D eigenvalue weighted by atomic mass is 9.88. The number of ether oxygens (including phenoxy) is 1. The molecule has 2 N–H and O–H groups in total. The molecule has 0 bridgehead atoms. The molecule has 9 heteroatoms. The first-order valence-corrected chi connectivity index (χ1v) is 12.7. The lowest BCUT2D eigenvalue weighted by Crippen LogP contribution is -2.45. The lowest BCUT2D eigenvalue weighted by molar-refractivity contribution is 0.0724. The van der Waals surface area contributed by atoms with Crippen molar-refractivity contribution in [3.8, 4) is 11.4 Å². The predicted molar refractivity (Wildman–Crippen MR) is 137 cm³/mol. The second kappa shape index (κ2) is 8.76. The summed E-state index contributed by atoms with van der Waals surface area (Å²) < 4.78 is 6.78. The van der Waals surface area contributed by atoms with Crippen LogP contribution in [0.5, 0.6) is 5.75 Å². The van der Waals surface area contributed by atoms with E-state index in [-0.39, 0.29) is 22.9 Å². The van der Waals surface area contributed by atoms with Crippen LogP contribution in [0.4, 0.5) is 5.69 Å². The van der Waals surface area contributed by atoms with Gasteiger partial charge in [0.25, 0.3) is 17.7 Å². The SMILES string of the molecule is COc1ccc(-n2nc(C(N)=O)c3c2C(=O)N(c2ccc(C(=O)N4CCCCC4)cc2)CC32CC2)cc1. The van der Waals surface area contributed by atoms with E-state index in [1.165, 1.54) is 4.68 Å². The van der Waals surface area contributed by atoms with Crippen LogP contribution in [-0.4, -0.2) is 59.1 Å². The van der Waals surface area contributed by atoms with Crippen molar-refractivity contribution in [3.05, 3.63) is 71.0 Å². The van der Waals surface area contributed by atoms with Crippen molar-refractivity contribution in [3.63, 3.8) is 0 Å². The highest BCUT2D eigenvalue weighted by molar-refractivity contribution is 6.11. The quantitative estimate of drug-likeness (QED) is 0.579. The average Bonchev–Trinajstić information content (AvgIpc) is 3.58. The third-order valence-corrected chi connectivity index (χ3v) is 7.80. The Hall–Kier alpha value is -4.14. The molecule has 1 aliphatic carbocycles. The molecule has 6 rings (SSSR count). The fraction of sp³-hybridized carbons (Fsp3) is 0.357. The third kappa shape index (κ3) is 3.85. The Bertz CT molecular complexity index is 1380. The Morgan fingerprint density at radius 3 is 2.19 bits per heavy atom. The number of anilines is 1. The molecule has 0 unspecified atom stereocenters. The number of benzene rings is 2. The normalized spacial score (nSPS) is 18.0. The topological polar surface area (TPSA) is 111 Å². The van der Waals surface area contributed by atoms with Gasteiger partial charge in [-0.15, -0.1) is 0 Å². The monoisotopic (exact) mass is 499 g/mol. The van der Waals surface area contributed by atoms with Crippen molar-refractivity contribution in [1.29, 1.82) is 0 Å². The van der Waals surface area contributed by atoms with Crippen molar-refractivity contribution >= 4 is 23.4 Å². The second-order valence-electron chi connectivity index (χ2n) is 10.1. The largest absolute Gasteiger partial charge is 0.497 e. The van der Waals surface area contributed by atoms with Crippen molar-refractivity contribution in [2.24, 2.45) is 5.73 Å². The minimum Gasteiger partial charge on any atom is -0.497 e. The van der Waals surface area contributed by atoms with Gasteiger partial charge < -0.3 is 20.3 Å². The Balaban J connectivity index is 1.38. The minimum atomic E-state index is -0.642. The number of piperidine rings is 1. The van der Waals surface area contributed by atoms with Gasteiger partial charge in [0.05, 0.1) is 12.8 Å². The van der Waals surface area contributed by atoms with Crippen LogP contribution in [0.3, 0.4) is 0 Å². The fourth-order valence-electron chi connectivity index (χ4n) is 5.61. The standard InChI is InChI=1S/C28H29N5O4/c1-37-21-11-9-20(10-12-21)33-24-22(23(30-33)25(29)34)28(13-14-28)17-32(27(24)36)19-7-5-18(6-8-19)26(35)31-15-3-2-4-16-31/h5-12H,2-4,13-17H2,1H3,(H2,29,34). The van der Waals surface area contributed by atoms with Crippen molar-refractivity contribution in [2.45, 2.75) is 37.5 Å². The van der Waals surface area contributed by atoms with Crippen LogP contribution in [0.1, 0.15) is 69.0 Å². The number of nitrogens with zero attached hydrogens (tertiary/aromatic N) is 4. The van der Waals surface area contributed by atoms with E-state index >= 15 is 0 Å². The first-order chi connectivity index (χ1) is 17.9. The van der Waals surface area contributed by atoms with Gasteiger partial charge in [0.15, 0.2) is 5.69 Å².